The number of aliphatic carboxylic acids is 1. The maximum Gasteiger partial charge on any atom is 0.326 e. The summed E-state index contributed by atoms with van der Waals surface area (Å²) in [6, 6.07) is 12.8. The minimum absolute atomic E-state index is 0.0227. The van der Waals surface area contributed by atoms with Crippen LogP contribution in [0.25, 0.3) is 11.1 Å². The van der Waals surface area contributed by atoms with Crippen molar-refractivity contribution in [3.05, 3.63) is 59.2 Å². The maximum absolute atomic E-state index is 13.4. The Morgan fingerprint density at radius 3 is 2.39 bits per heavy atom. The molecule has 1 amide bonds. The standard InChI is InChI=1S/C34H50N2O4S/c1-23(2)14-17-32(37)31(21-25-11-6-5-7-12-25)35-22-26-15-16-28(29(20-26)27-13-9-8-10-24(27)3)33(38)36-30(34(39)40)18-19-41-4/h8-10,13,15-16,20,23,25,30-32,35,37H,5-7,11-12,14,17-19,21-22H2,1-4H3,(H,36,38)(H,39,40)/t30?,31-,32-/m0/s1. The van der Waals surface area contributed by atoms with Gasteiger partial charge in [0.05, 0.1) is 6.10 Å². The number of hydrogen-bond acceptors (Lipinski definition) is 5. The average molecular weight is 583 g/mol. The second-order valence-corrected chi connectivity index (χ2v) is 13.1. The molecule has 2 aromatic rings. The molecule has 1 fully saturated rings. The molecule has 1 saturated carbocycles. The lowest BCUT2D eigenvalue weighted by atomic mass is 9.83. The summed E-state index contributed by atoms with van der Waals surface area (Å²) in [6.45, 7) is 7.00. The first-order chi connectivity index (χ1) is 19.7. The Balaban J connectivity index is 1.84. The molecule has 0 saturated heterocycles. The normalized spacial score (nSPS) is 16.3. The molecule has 4 N–H and O–H groups in total. The van der Waals surface area contributed by atoms with Crippen LogP contribution in [0.3, 0.4) is 0 Å². The number of amides is 1. The summed E-state index contributed by atoms with van der Waals surface area (Å²) < 4.78 is 0. The van der Waals surface area contributed by atoms with E-state index in [1.165, 1.54) is 32.1 Å². The molecule has 0 heterocycles. The third-order valence-corrected chi connectivity index (χ3v) is 9.01. The summed E-state index contributed by atoms with van der Waals surface area (Å²) in [5.41, 5.74) is 4.28. The molecule has 0 aliphatic heterocycles. The van der Waals surface area contributed by atoms with E-state index in [0.717, 1.165) is 41.5 Å². The van der Waals surface area contributed by atoms with Crippen molar-refractivity contribution in [2.45, 2.75) is 103 Å². The van der Waals surface area contributed by atoms with Crippen molar-refractivity contribution in [1.82, 2.24) is 10.6 Å². The molecule has 0 bridgehead atoms. The first-order valence-corrected chi connectivity index (χ1v) is 16.7. The van der Waals surface area contributed by atoms with Gasteiger partial charge in [0.1, 0.15) is 6.04 Å². The first kappa shape index (κ1) is 33.2. The zero-order chi connectivity index (χ0) is 29.8. The lowest BCUT2D eigenvalue weighted by molar-refractivity contribution is -0.139. The van der Waals surface area contributed by atoms with Crippen molar-refractivity contribution >= 4 is 23.6 Å². The Hall–Kier alpha value is -2.35. The highest BCUT2D eigenvalue weighted by atomic mass is 32.2. The highest BCUT2D eigenvalue weighted by Crippen LogP contribution is 2.30. The van der Waals surface area contributed by atoms with E-state index >= 15 is 0 Å². The Bertz CT molecular complexity index is 1120. The molecule has 226 valence electrons. The van der Waals surface area contributed by atoms with Gasteiger partial charge in [-0.1, -0.05) is 76.3 Å². The van der Waals surface area contributed by atoms with Crippen LogP contribution in [0, 0.1) is 18.8 Å². The Labute approximate surface area is 251 Å². The first-order valence-electron chi connectivity index (χ1n) is 15.3. The zero-order valence-corrected chi connectivity index (χ0v) is 26.1. The minimum Gasteiger partial charge on any atom is -0.480 e. The number of carboxylic acid groups (broad SMARTS) is 1. The SMILES string of the molecule is CSCCC(NC(=O)c1ccc(CN[C@@H](CC2CCCCC2)[C@@H](O)CCC(C)C)cc1-c1ccccc1C)C(=O)O. The molecule has 3 rings (SSSR count). The summed E-state index contributed by atoms with van der Waals surface area (Å²) in [5.74, 6) is 0.451. The molecule has 1 aliphatic carbocycles. The van der Waals surface area contributed by atoms with Gasteiger partial charge in [0.15, 0.2) is 0 Å². The minimum atomic E-state index is -1.02. The van der Waals surface area contributed by atoms with E-state index in [2.05, 4.69) is 24.5 Å². The van der Waals surface area contributed by atoms with Gasteiger partial charge in [-0.3, -0.25) is 4.79 Å². The molecule has 41 heavy (non-hydrogen) atoms. The third-order valence-electron chi connectivity index (χ3n) is 8.36. The number of aryl methyl sites for hydroxylation is 1. The van der Waals surface area contributed by atoms with Gasteiger partial charge >= 0.3 is 5.97 Å². The van der Waals surface area contributed by atoms with Crippen molar-refractivity contribution in [2.75, 3.05) is 12.0 Å². The molecule has 0 radical (unpaired) electrons. The number of rotatable bonds is 16. The van der Waals surface area contributed by atoms with Crippen molar-refractivity contribution in [3.8, 4) is 11.1 Å². The van der Waals surface area contributed by atoms with Crippen molar-refractivity contribution in [2.24, 2.45) is 11.8 Å². The second-order valence-electron chi connectivity index (χ2n) is 12.1. The summed E-state index contributed by atoms with van der Waals surface area (Å²) >= 11 is 1.56. The van der Waals surface area contributed by atoms with Crippen molar-refractivity contribution < 1.29 is 19.8 Å². The molecule has 0 aromatic heterocycles. The molecule has 2 aromatic carbocycles. The van der Waals surface area contributed by atoms with Gasteiger partial charge in [-0.2, -0.15) is 11.8 Å². The van der Waals surface area contributed by atoms with Crippen LogP contribution in [0.5, 0.6) is 0 Å². The van der Waals surface area contributed by atoms with Crippen LogP contribution in [0.4, 0.5) is 0 Å². The number of benzene rings is 2. The van der Waals surface area contributed by atoms with Gasteiger partial charge < -0.3 is 20.8 Å². The van der Waals surface area contributed by atoms with Crippen LogP contribution in [0.2, 0.25) is 0 Å². The smallest absolute Gasteiger partial charge is 0.326 e. The number of carbonyl (C=O) groups excluding carboxylic acids is 1. The average Bonchev–Trinajstić information content (AvgIpc) is 2.96. The number of nitrogens with one attached hydrogen (secondary N) is 2. The Morgan fingerprint density at radius 2 is 1.73 bits per heavy atom. The van der Waals surface area contributed by atoms with Crippen LogP contribution in [-0.4, -0.2) is 52.3 Å². The highest BCUT2D eigenvalue weighted by molar-refractivity contribution is 7.98. The van der Waals surface area contributed by atoms with E-state index in [4.69, 9.17) is 0 Å². The van der Waals surface area contributed by atoms with E-state index in [1.807, 2.05) is 55.6 Å². The van der Waals surface area contributed by atoms with E-state index in [0.29, 0.717) is 36.1 Å². The number of hydrogen-bond donors (Lipinski definition) is 4. The summed E-state index contributed by atoms with van der Waals surface area (Å²) in [7, 11) is 0. The van der Waals surface area contributed by atoms with Crippen LogP contribution in [0.1, 0.15) is 93.1 Å². The molecule has 6 nitrogen and oxygen atoms in total. The maximum atomic E-state index is 13.4. The van der Waals surface area contributed by atoms with Gasteiger partial charge in [0, 0.05) is 18.2 Å². The Kier molecular flexibility index (Phi) is 13.7. The molecule has 3 atom stereocenters. The topological polar surface area (TPSA) is 98.7 Å². The molecular formula is C34H50N2O4S. The fourth-order valence-electron chi connectivity index (χ4n) is 5.84. The van der Waals surface area contributed by atoms with Crippen molar-refractivity contribution in [3.63, 3.8) is 0 Å². The van der Waals surface area contributed by atoms with Gasteiger partial charge in [-0.05, 0) is 90.8 Å². The molecule has 7 heteroatoms. The zero-order valence-electron chi connectivity index (χ0n) is 25.3. The lowest BCUT2D eigenvalue weighted by Gasteiger charge is -2.31. The van der Waals surface area contributed by atoms with Crippen LogP contribution in [0.15, 0.2) is 42.5 Å². The predicted molar refractivity (Wildman–Crippen MR) is 170 cm³/mol. The van der Waals surface area contributed by atoms with E-state index in [-0.39, 0.29) is 11.9 Å². The van der Waals surface area contributed by atoms with Crippen LogP contribution < -0.4 is 10.6 Å². The Morgan fingerprint density at radius 1 is 1.00 bits per heavy atom. The van der Waals surface area contributed by atoms with E-state index in [9.17, 15) is 19.8 Å². The summed E-state index contributed by atoms with van der Waals surface area (Å²) in [6.07, 6.45) is 11.0. The largest absolute Gasteiger partial charge is 0.480 e. The third kappa shape index (κ3) is 10.5. The summed E-state index contributed by atoms with van der Waals surface area (Å²) in [4.78, 5) is 25.2. The number of thioether (sulfide) groups is 1. The number of aliphatic hydroxyl groups excluding tert-OH is 1. The number of carboxylic acids is 1. The van der Waals surface area contributed by atoms with Gasteiger partial charge in [0.25, 0.3) is 5.91 Å². The van der Waals surface area contributed by atoms with Gasteiger partial charge in [-0.15, -0.1) is 0 Å². The molecular weight excluding hydrogens is 532 g/mol. The molecule has 1 unspecified atom stereocenters. The van der Waals surface area contributed by atoms with Gasteiger partial charge in [-0.25, -0.2) is 4.79 Å². The van der Waals surface area contributed by atoms with E-state index in [1.54, 1.807) is 11.8 Å². The molecule has 1 aliphatic rings. The number of aliphatic hydroxyl groups is 1. The molecule has 0 spiro atoms. The summed E-state index contributed by atoms with van der Waals surface area (Å²) in [5, 5.41) is 27.3. The van der Waals surface area contributed by atoms with Crippen molar-refractivity contribution in [1.29, 1.82) is 0 Å². The second kappa shape index (κ2) is 16.9. The highest BCUT2D eigenvalue weighted by Gasteiger charge is 2.26. The monoisotopic (exact) mass is 582 g/mol. The van der Waals surface area contributed by atoms with E-state index < -0.39 is 18.1 Å². The number of carbonyl (C=O) groups is 2. The fraction of sp³-hybridized carbons (Fsp3) is 0.588. The lowest BCUT2D eigenvalue weighted by Crippen LogP contribution is -2.41. The predicted octanol–water partition coefficient (Wildman–Crippen LogP) is 6.82. The quantitative estimate of drug-likeness (QED) is 0.173. The van der Waals surface area contributed by atoms with Gasteiger partial charge in [0.2, 0.25) is 0 Å². The van der Waals surface area contributed by atoms with Crippen LogP contribution >= 0.6 is 11.8 Å². The fourth-order valence-corrected chi connectivity index (χ4v) is 6.31. The van der Waals surface area contributed by atoms with Crippen LogP contribution in [-0.2, 0) is 11.3 Å².